The monoisotopic (exact) mass is 330 g/mol. The molecule has 1 aromatic carbocycles. The molecule has 5 nitrogen and oxygen atoms in total. The molecular formula is C19H26N2O3. The molecule has 3 rings (SSSR count). The minimum absolute atomic E-state index is 0.109. The summed E-state index contributed by atoms with van der Waals surface area (Å²) in [6.07, 6.45) is 6.21. The van der Waals surface area contributed by atoms with Crippen molar-refractivity contribution < 1.29 is 14.7 Å². The highest BCUT2D eigenvalue weighted by atomic mass is 16.3. The second kappa shape index (κ2) is 7.69. The average molecular weight is 330 g/mol. The molecular weight excluding hydrogens is 304 g/mol. The molecule has 0 aromatic heterocycles. The van der Waals surface area contributed by atoms with Crippen molar-refractivity contribution in [2.75, 3.05) is 13.1 Å². The lowest BCUT2D eigenvalue weighted by atomic mass is 10.2. The number of benzene rings is 1. The van der Waals surface area contributed by atoms with Gasteiger partial charge < -0.3 is 14.9 Å². The predicted octanol–water partition coefficient (Wildman–Crippen LogP) is 2.68. The standard InChI is InChI=1S/C19H26N2O3/c22-17-6-4-5-15(13-17)14-21(16-8-9-16)19(24)10-12-20-11-3-1-2-7-18(20)23/h4-6,13,16,22H,1-3,7-12,14H2. The van der Waals surface area contributed by atoms with Gasteiger partial charge in [0.1, 0.15) is 5.75 Å². The molecule has 2 aliphatic rings. The van der Waals surface area contributed by atoms with E-state index in [9.17, 15) is 14.7 Å². The van der Waals surface area contributed by atoms with Gasteiger partial charge in [0.2, 0.25) is 11.8 Å². The molecule has 5 heteroatoms. The molecule has 2 fully saturated rings. The molecule has 1 N–H and O–H groups in total. The van der Waals surface area contributed by atoms with Crippen molar-refractivity contribution in [3.05, 3.63) is 29.8 Å². The summed E-state index contributed by atoms with van der Waals surface area (Å²) in [4.78, 5) is 28.5. The molecule has 1 saturated carbocycles. The fourth-order valence-electron chi connectivity index (χ4n) is 3.31. The first-order valence-electron chi connectivity index (χ1n) is 8.98. The van der Waals surface area contributed by atoms with Crippen molar-refractivity contribution >= 4 is 11.8 Å². The van der Waals surface area contributed by atoms with E-state index < -0.39 is 0 Å². The quantitative estimate of drug-likeness (QED) is 0.872. The first-order valence-corrected chi connectivity index (χ1v) is 8.98. The molecule has 1 aliphatic heterocycles. The summed E-state index contributed by atoms with van der Waals surface area (Å²) in [6, 6.07) is 7.40. The molecule has 2 amide bonds. The lowest BCUT2D eigenvalue weighted by Gasteiger charge is -2.25. The molecule has 0 unspecified atom stereocenters. The van der Waals surface area contributed by atoms with Gasteiger partial charge >= 0.3 is 0 Å². The van der Waals surface area contributed by atoms with Gasteiger partial charge in [0.25, 0.3) is 0 Å². The number of aromatic hydroxyl groups is 1. The van der Waals surface area contributed by atoms with Crippen molar-refractivity contribution in [1.82, 2.24) is 9.80 Å². The maximum Gasteiger partial charge on any atom is 0.224 e. The minimum Gasteiger partial charge on any atom is -0.508 e. The normalized spacial score (nSPS) is 18.3. The average Bonchev–Trinajstić information content (AvgIpc) is 3.39. The van der Waals surface area contributed by atoms with E-state index in [2.05, 4.69) is 0 Å². The lowest BCUT2D eigenvalue weighted by Crippen LogP contribution is -2.37. The fourth-order valence-corrected chi connectivity index (χ4v) is 3.31. The number of phenolic OH excluding ortho intramolecular Hbond substituents is 1. The van der Waals surface area contributed by atoms with Crippen LogP contribution in [0.3, 0.4) is 0 Å². The number of likely N-dealkylation sites (tertiary alicyclic amines) is 1. The van der Waals surface area contributed by atoms with E-state index in [1.807, 2.05) is 15.9 Å². The van der Waals surface area contributed by atoms with Gasteiger partial charge in [-0.2, -0.15) is 0 Å². The van der Waals surface area contributed by atoms with Crippen LogP contribution in [0.15, 0.2) is 24.3 Å². The van der Waals surface area contributed by atoms with Crippen LogP contribution in [0.4, 0.5) is 0 Å². The second-order valence-corrected chi connectivity index (χ2v) is 6.86. The molecule has 24 heavy (non-hydrogen) atoms. The third-order valence-corrected chi connectivity index (χ3v) is 4.84. The molecule has 0 spiro atoms. The maximum atomic E-state index is 12.7. The van der Waals surface area contributed by atoms with Crippen LogP contribution in [-0.2, 0) is 16.1 Å². The van der Waals surface area contributed by atoms with E-state index in [0.29, 0.717) is 32.0 Å². The Balaban J connectivity index is 1.57. The van der Waals surface area contributed by atoms with Crippen LogP contribution in [0.2, 0.25) is 0 Å². The summed E-state index contributed by atoms with van der Waals surface area (Å²) in [7, 11) is 0. The summed E-state index contributed by atoms with van der Waals surface area (Å²) < 4.78 is 0. The van der Waals surface area contributed by atoms with Crippen LogP contribution < -0.4 is 0 Å². The number of carbonyl (C=O) groups excluding carboxylic acids is 2. The van der Waals surface area contributed by atoms with E-state index in [1.165, 1.54) is 0 Å². The Hall–Kier alpha value is -2.04. The van der Waals surface area contributed by atoms with Gasteiger partial charge in [0.15, 0.2) is 0 Å². The summed E-state index contributed by atoms with van der Waals surface area (Å²) in [5.74, 6) is 0.523. The Morgan fingerprint density at radius 1 is 1.25 bits per heavy atom. The number of amides is 2. The molecule has 1 aromatic rings. The van der Waals surface area contributed by atoms with Gasteiger partial charge in [-0.15, -0.1) is 0 Å². The van der Waals surface area contributed by atoms with Crippen LogP contribution in [-0.4, -0.2) is 45.9 Å². The Labute approximate surface area is 143 Å². The highest BCUT2D eigenvalue weighted by Crippen LogP contribution is 2.29. The number of carbonyl (C=O) groups is 2. The van der Waals surface area contributed by atoms with Gasteiger partial charge in [-0.3, -0.25) is 9.59 Å². The smallest absolute Gasteiger partial charge is 0.224 e. The number of hydrogen-bond acceptors (Lipinski definition) is 3. The molecule has 1 heterocycles. The van der Waals surface area contributed by atoms with E-state index in [0.717, 1.165) is 44.2 Å². The molecule has 0 bridgehead atoms. The highest BCUT2D eigenvalue weighted by Gasteiger charge is 2.32. The predicted molar refractivity (Wildman–Crippen MR) is 91.3 cm³/mol. The van der Waals surface area contributed by atoms with Crippen molar-refractivity contribution in [2.45, 2.75) is 57.5 Å². The van der Waals surface area contributed by atoms with Crippen molar-refractivity contribution in [2.24, 2.45) is 0 Å². The van der Waals surface area contributed by atoms with Crippen molar-refractivity contribution in [1.29, 1.82) is 0 Å². The fraction of sp³-hybridized carbons (Fsp3) is 0.579. The van der Waals surface area contributed by atoms with Crippen LogP contribution in [0.1, 0.15) is 50.5 Å². The molecule has 1 saturated heterocycles. The zero-order chi connectivity index (χ0) is 16.9. The molecule has 1 aliphatic carbocycles. The van der Waals surface area contributed by atoms with E-state index in [4.69, 9.17) is 0 Å². The van der Waals surface area contributed by atoms with E-state index >= 15 is 0 Å². The van der Waals surface area contributed by atoms with Crippen LogP contribution in [0.25, 0.3) is 0 Å². The summed E-state index contributed by atoms with van der Waals surface area (Å²) in [5, 5.41) is 9.60. The van der Waals surface area contributed by atoms with Crippen molar-refractivity contribution in [3.8, 4) is 5.75 Å². The summed E-state index contributed by atoms with van der Waals surface area (Å²) in [6.45, 7) is 1.84. The maximum absolute atomic E-state index is 12.7. The molecule has 0 radical (unpaired) electrons. The molecule has 0 atom stereocenters. The summed E-state index contributed by atoms with van der Waals surface area (Å²) in [5.41, 5.74) is 0.945. The van der Waals surface area contributed by atoms with Crippen molar-refractivity contribution in [3.63, 3.8) is 0 Å². The van der Waals surface area contributed by atoms with Gasteiger partial charge in [-0.25, -0.2) is 0 Å². The SMILES string of the molecule is O=C1CCCCCN1CCC(=O)N(Cc1cccc(O)c1)C1CC1. The largest absolute Gasteiger partial charge is 0.508 e. The number of phenols is 1. The minimum atomic E-state index is 0.109. The Kier molecular flexibility index (Phi) is 5.38. The Bertz CT molecular complexity index is 598. The Morgan fingerprint density at radius 3 is 2.83 bits per heavy atom. The zero-order valence-electron chi connectivity index (χ0n) is 14.1. The van der Waals surface area contributed by atoms with Crippen LogP contribution in [0.5, 0.6) is 5.75 Å². The Morgan fingerprint density at radius 2 is 2.08 bits per heavy atom. The molecule has 130 valence electrons. The van der Waals surface area contributed by atoms with Crippen LogP contribution >= 0.6 is 0 Å². The zero-order valence-corrected chi connectivity index (χ0v) is 14.1. The number of rotatable bonds is 6. The number of hydrogen-bond donors (Lipinski definition) is 1. The van der Waals surface area contributed by atoms with Gasteiger partial charge in [0, 0.05) is 38.5 Å². The topological polar surface area (TPSA) is 60.9 Å². The van der Waals surface area contributed by atoms with Crippen LogP contribution in [0, 0.1) is 0 Å². The lowest BCUT2D eigenvalue weighted by molar-refractivity contribution is -0.134. The van der Waals surface area contributed by atoms with E-state index in [1.54, 1.807) is 18.2 Å². The third kappa shape index (κ3) is 4.49. The first kappa shape index (κ1) is 16.8. The van der Waals surface area contributed by atoms with Gasteiger partial charge in [-0.05, 0) is 43.4 Å². The number of nitrogens with zero attached hydrogens (tertiary/aromatic N) is 2. The van der Waals surface area contributed by atoms with Gasteiger partial charge in [0.05, 0.1) is 0 Å². The first-order chi connectivity index (χ1) is 11.6. The highest BCUT2D eigenvalue weighted by molar-refractivity contribution is 5.79. The third-order valence-electron chi connectivity index (χ3n) is 4.84. The van der Waals surface area contributed by atoms with E-state index in [-0.39, 0.29) is 17.6 Å². The van der Waals surface area contributed by atoms with Gasteiger partial charge in [-0.1, -0.05) is 18.6 Å². The summed E-state index contributed by atoms with van der Waals surface area (Å²) >= 11 is 0. The second-order valence-electron chi connectivity index (χ2n) is 6.86.